The summed E-state index contributed by atoms with van der Waals surface area (Å²) >= 11 is 0. The molecule has 1 radical (unpaired) electrons. The summed E-state index contributed by atoms with van der Waals surface area (Å²) in [6.07, 6.45) is 6.82. The van der Waals surface area contributed by atoms with E-state index in [0.717, 1.165) is 73.3 Å². The molecule has 0 atom stereocenters. The topological polar surface area (TPSA) is 69.6 Å². The van der Waals surface area contributed by atoms with Gasteiger partial charge in [0, 0.05) is 50.6 Å². The van der Waals surface area contributed by atoms with E-state index in [1.165, 1.54) is 16.3 Å². The van der Waals surface area contributed by atoms with Crippen LogP contribution in [0.25, 0.3) is 55.7 Å². The first-order valence-corrected chi connectivity index (χ1v) is 19.8. The van der Waals surface area contributed by atoms with Gasteiger partial charge in [-0.15, -0.1) is 53.1 Å². The fourth-order valence-electron chi connectivity index (χ4n) is 6.11. The van der Waals surface area contributed by atoms with Crippen molar-refractivity contribution in [2.24, 2.45) is 13.0 Å². The Kier molecular flexibility index (Phi) is 10.2. The predicted molar refractivity (Wildman–Crippen MR) is 197 cm³/mol. The van der Waals surface area contributed by atoms with Gasteiger partial charge >= 0.3 is 0 Å². The Bertz CT molecular complexity index is 2240. The van der Waals surface area contributed by atoms with Gasteiger partial charge in [-0.3, -0.25) is 9.97 Å². The number of furan rings is 1. The van der Waals surface area contributed by atoms with E-state index in [-0.39, 0.29) is 20.1 Å². The molecule has 0 fully saturated rings. The van der Waals surface area contributed by atoms with Crippen molar-refractivity contribution in [1.29, 1.82) is 0 Å². The number of fused-ring (bicyclic) bond motifs is 4. The second-order valence-electron chi connectivity index (χ2n) is 14.1. The number of imidazole rings is 1. The van der Waals surface area contributed by atoms with Crippen LogP contribution in [0.15, 0.2) is 65.5 Å². The zero-order chi connectivity index (χ0) is 33.6. The summed E-state index contributed by atoms with van der Waals surface area (Å²) in [6.45, 7) is 20.0. The largest absolute Gasteiger partial charge is 0.486 e. The molecular formula is C40H43IrN5OSi-2. The average Bonchev–Trinajstić information content (AvgIpc) is 3.55. The predicted octanol–water partition coefficient (Wildman–Crippen LogP) is 9.25. The van der Waals surface area contributed by atoms with Gasteiger partial charge in [-0.25, -0.2) is 4.98 Å². The van der Waals surface area contributed by atoms with E-state index in [1.807, 2.05) is 42.9 Å². The van der Waals surface area contributed by atoms with Gasteiger partial charge in [-0.1, -0.05) is 69.9 Å². The molecule has 0 unspecified atom stereocenters. The second-order valence-corrected chi connectivity index (χ2v) is 19.1. The number of benzene rings is 2. The van der Waals surface area contributed by atoms with Crippen LogP contribution >= 0.6 is 0 Å². The molecule has 0 saturated heterocycles. The molecule has 0 aliphatic carbocycles. The molecule has 249 valence electrons. The van der Waals surface area contributed by atoms with E-state index in [0.29, 0.717) is 11.6 Å². The van der Waals surface area contributed by atoms with Gasteiger partial charge in [0.15, 0.2) is 0 Å². The third-order valence-electron chi connectivity index (χ3n) is 8.76. The quantitative estimate of drug-likeness (QED) is 0.128. The van der Waals surface area contributed by atoms with Crippen molar-refractivity contribution >= 4 is 46.4 Å². The normalized spacial score (nSPS) is 11.6. The monoisotopic (exact) mass is 830 g/mol. The number of rotatable bonds is 5. The molecule has 7 aromatic rings. The summed E-state index contributed by atoms with van der Waals surface area (Å²) in [4.78, 5) is 18.3. The maximum atomic E-state index is 6.19. The zero-order valence-corrected chi connectivity index (χ0v) is 32.9. The Morgan fingerprint density at radius 1 is 0.917 bits per heavy atom. The SMILES string of the molecule is Cc1c[c-]c(-c2cc(CC(C)C)c([Si](C)(C)C)cn2)cc1.Cc1cc2c(nc1C)oc1c(-c3nc4ccncc4n3C)[c-]cc(C)c12.[Ir]. The maximum absolute atomic E-state index is 6.19. The minimum atomic E-state index is -1.35. The van der Waals surface area contributed by atoms with Gasteiger partial charge in [0.2, 0.25) is 5.71 Å². The molecule has 5 aromatic heterocycles. The van der Waals surface area contributed by atoms with Crippen LogP contribution in [0.1, 0.15) is 41.8 Å². The van der Waals surface area contributed by atoms with Crippen molar-refractivity contribution in [3.05, 3.63) is 101 Å². The molecule has 0 aliphatic heterocycles. The van der Waals surface area contributed by atoms with Crippen molar-refractivity contribution < 1.29 is 24.5 Å². The first-order valence-electron chi connectivity index (χ1n) is 16.3. The van der Waals surface area contributed by atoms with Crippen LogP contribution < -0.4 is 5.19 Å². The molecule has 8 heteroatoms. The van der Waals surface area contributed by atoms with Gasteiger partial charge in [-0.2, -0.15) is 0 Å². The van der Waals surface area contributed by atoms with E-state index in [2.05, 4.69) is 107 Å². The Balaban J connectivity index is 0.000000189. The van der Waals surface area contributed by atoms with E-state index in [1.54, 1.807) is 6.20 Å². The first kappa shape index (κ1) is 35.3. The van der Waals surface area contributed by atoms with Crippen molar-refractivity contribution in [1.82, 2.24) is 24.5 Å². The molecule has 7 rings (SSSR count). The fraction of sp³-hybridized carbons (Fsp3) is 0.300. The Labute approximate surface area is 298 Å². The summed E-state index contributed by atoms with van der Waals surface area (Å²) in [6, 6.07) is 21.3. The molecule has 0 spiro atoms. The van der Waals surface area contributed by atoms with Crippen LogP contribution in [0.5, 0.6) is 0 Å². The molecule has 2 aromatic carbocycles. The van der Waals surface area contributed by atoms with Crippen LogP contribution in [0.4, 0.5) is 0 Å². The Morgan fingerprint density at radius 2 is 1.69 bits per heavy atom. The second kappa shape index (κ2) is 13.9. The van der Waals surface area contributed by atoms with Crippen molar-refractivity contribution in [2.45, 2.75) is 67.6 Å². The molecule has 6 nitrogen and oxygen atoms in total. The molecule has 0 amide bonds. The van der Waals surface area contributed by atoms with Gasteiger partial charge in [0.25, 0.3) is 0 Å². The van der Waals surface area contributed by atoms with Gasteiger partial charge < -0.3 is 14.0 Å². The van der Waals surface area contributed by atoms with E-state index in [4.69, 9.17) is 14.4 Å². The maximum Gasteiger partial charge on any atom is 0.216 e. The standard InChI is InChI=1S/C21H17N4O.C19H26NSi.Ir/c1-11-5-6-14(20-24-16-7-8-22-10-17(16)25(20)4)19-18(11)15-9-12(2)13(3)23-21(15)26-19;1-14(2)11-17-12-18(16-9-7-15(3)8-10-16)20-13-19(17)21(4,5)6;/h5,7-10H,1-4H3;7-9,12-14H,11H2,1-6H3;/q2*-1;. The first-order chi connectivity index (χ1) is 22.3. The van der Waals surface area contributed by atoms with Crippen LogP contribution in [0.2, 0.25) is 19.6 Å². The van der Waals surface area contributed by atoms with E-state index in [9.17, 15) is 0 Å². The Hall–Kier alpha value is -3.97. The number of pyridine rings is 3. The Morgan fingerprint density at radius 3 is 2.35 bits per heavy atom. The van der Waals surface area contributed by atoms with Crippen molar-refractivity contribution in [2.75, 3.05) is 0 Å². The summed E-state index contributed by atoms with van der Waals surface area (Å²) in [7, 11) is 0.637. The molecule has 0 saturated carbocycles. The van der Waals surface area contributed by atoms with E-state index < -0.39 is 8.07 Å². The molecule has 48 heavy (non-hydrogen) atoms. The number of hydrogen-bond donors (Lipinski definition) is 0. The summed E-state index contributed by atoms with van der Waals surface area (Å²) < 4.78 is 8.22. The van der Waals surface area contributed by atoms with Crippen LogP contribution in [-0.4, -0.2) is 32.6 Å². The molecule has 0 aliphatic rings. The molecular weight excluding hydrogens is 787 g/mol. The smallest absolute Gasteiger partial charge is 0.216 e. The number of aromatic nitrogens is 5. The van der Waals surface area contributed by atoms with Gasteiger partial charge in [-0.05, 0) is 54.8 Å². The third kappa shape index (κ3) is 6.93. The van der Waals surface area contributed by atoms with Gasteiger partial charge in [0.05, 0.1) is 36.7 Å². The number of aryl methyl sites for hydroxylation is 5. The van der Waals surface area contributed by atoms with Crippen LogP contribution in [-0.2, 0) is 33.6 Å². The van der Waals surface area contributed by atoms with Crippen molar-refractivity contribution in [3.8, 4) is 22.6 Å². The summed E-state index contributed by atoms with van der Waals surface area (Å²) in [5.41, 5.74) is 12.3. The molecule has 0 bridgehead atoms. The molecule has 0 N–H and O–H groups in total. The minimum absolute atomic E-state index is 0. The third-order valence-corrected chi connectivity index (χ3v) is 10.8. The summed E-state index contributed by atoms with van der Waals surface area (Å²) in [5.74, 6) is 1.47. The number of nitrogens with zero attached hydrogens (tertiary/aromatic N) is 5. The zero-order valence-electron chi connectivity index (χ0n) is 29.5. The minimum Gasteiger partial charge on any atom is -0.486 e. The van der Waals surface area contributed by atoms with E-state index >= 15 is 0 Å². The van der Waals surface area contributed by atoms with Crippen LogP contribution in [0.3, 0.4) is 0 Å². The van der Waals surface area contributed by atoms with Crippen molar-refractivity contribution in [3.63, 3.8) is 0 Å². The van der Waals surface area contributed by atoms with Crippen LogP contribution in [0, 0.1) is 45.7 Å². The molecule has 5 heterocycles. The fourth-order valence-corrected chi connectivity index (χ4v) is 7.70. The average molecular weight is 830 g/mol. The summed E-state index contributed by atoms with van der Waals surface area (Å²) in [5, 5.41) is 3.61. The van der Waals surface area contributed by atoms with Gasteiger partial charge in [0.1, 0.15) is 0 Å². The number of hydrogen-bond acceptors (Lipinski definition) is 5.